The molecule has 0 aromatic heterocycles. The van der Waals surface area contributed by atoms with Crippen molar-refractivity contribution in [3.63, 3.8) is 0 Å². The van der Waals surface area contributed by atoms with Gasteiger partial charge in [-0.1, -0.05) is 54.2 Å². The molecule has 2 aliphatic rings. The van der Waals surface area contributed by atoms with Crippen LogP contribution in [0.25, 0.3) is 0 Å². The largest absolute Gasteiger partial charge is 0.495 e. The molecule has 8 heteroatoms. The molecule has 2 fully saturated rings. The van der Waals surface area contributed by atoms with Crippen molar-refractivity contribution in [3.05, 3.63) is 60.2 Å². The van der Waals surface area contributed by atoms with E-state index in [0.717, 1.165) is 11.3 Å². The zero-order valence-electron chi connectivity index (χ0n) is 16.0. The number of sulfone groups is 1. The van der Waals surface area contributed by atoms with E-state index in [1.807, 2.05) is 59.5 Å². The summed E-state index contributed by atoms with van der Waals surface area (Å²) in [6.07, 6.45) is 0.929. The molecule has 0 spiro atoms. The number of thioether (sulfide) groups is 1. The van der Waals surface area contributed by atoms with Crippen LogP contribution >= 0.6 is 11.8 Å². The van der Waals surface area contributed by atoms with Crippen molar-refractivity contribution in [2.24, 2.45) is 4.99 Å². The lowest BCUT2D eigenvalue weighted by molar-refractivity contribution is -0.117. The Bertz CT molecular complexity index is 1040. The van der Waals surface area contributed by atoms with Crippen LogP contribution in [0, 0.1) is 0 Å². The molecule has 0 N–H and O–H groups in total. The van der Waals surface area contributed by atoms with Crippen LogP contribution in [0.4, 0.5) is 5.69 Å². The van der Waals surface area contributed by atoms with E-state index in [-0.39, 0.29) is 28.7 Å². The average Bonchev–Trinajstić information content (AvgIpc) is 3.17. The third-order valence-electron chi connectivity index (χ3n) is 5.10. The van der Waals surface area contributed by atoms with Crippen molar-refractivity contribution in [2.75, 3.05) is 23.5 Å². The van der Waals surface area contributed by atoms with Gasteiger partial charge in [0.2, 0.25) is 5.91 Å². The molecular formula is C21H22N2O4S2. The fourth-order valence-corrected chi connectivity index (χ4v) is 7.66. The van der Waals surface area contributed by atoms with E-state index in [0.29, 0.717) is 23.8 Å². The number of anilines is 1. The maximum atomic E-state index is 12.6. The van der Waals surface area contributed by atoms with Crippen LogP contribution in [-0.4, -0.2) is 49.4 Å². The van der Waals surface area contributed by atoms with Crippen LogP contribution in [0.5, 0.6) is 5.75 Å². The van der Waals surface area contributed by atoms with Crippen molar-refractivity contribution in [1.82, 2.24) is 0 Å². The highest BCUT2D eigenvalue weighted by Gasteiger charge is 2.49. The number of para-hydroxylation sites is 2. The molecule has 2 aromatic rings. The predicted octanol–water partition coefficient (Wildman–Crippen LogP) is 2.93. The van der Waals surface area contributed by atoms with E-state index in [4.69, 9.17) is 4.74 Å². The zero-order chi connectivity index (χ0) is 20.4. The first-order chi connectivity index (χ1) is 14.0. The maximum absolute atomic E-state index is 12.6. The van der Waals surface area contributed by atoms with Crippen LogP contribution in [0.1, 0.15) is 12.0 Å². The van der Waals surface area contributed by atoms with E-state index in [1.54, 1.807) is 7.11 Å². The number of hydrogen-bond donors (Lipinski definition) is 0. The first kappa shape index (κ1) is 20.0. The van der Waals surface area contributed by atoms with Gasteiger partial charge in [-0.2, -0.15) is 4.99 Å². The van der Waals surface area contributed by atoms with E-state index < -0.39 is 9.84 Å². The monoisotopic (exact) mass is 430 g/mol. The fourth-order valence-electron chi connectivity index (χ4n) is 3.73. The van der Waals surface area contributed by atoms with Gasteiger partial charge in [-0.05, 0) is 24.1 Å². The molecule has 152 valence electrons. The van der Waals surface area contributed by atoms with Crippen molar-refractivity contribution in [1.29, 1.82) is 0 Å². The van der Waals surface area contributed by atoms with Crippen LogP contribution in [0.15, 0.2) is 59.6 Å². The topological polar surface area (TPSA) is 76.0 Å². The average molecular weight is 431 g/mol. The number of aliphatic imine (C=N–C) groups is 1. The Morgan fingerprint density at radius 1 is 1.14 bits per heavy atom. The second-order valence-electron chi connectivity index (χ2n) is 7.12. The van der Waals surface area contributed by atoms with E-state index in [9.17, 15) is 13.2 Å². The third kappa shape index (κ3) is 4.33. The molecule has 0 bridgehead atoms. The minimum absolute atomic E-state index is 0.0555. The number of rotatable bonds is 5. The molecular weight excluding hydrogens is 408 g/mol. The highest BCUT2D eigenvalue weighted by atomic mass is 32.2. The lowest BCUT2D eigenvalue weighted by Crippen LogP contribution is -2.38. The molecule has 2 saturated heterocycles. The Labute approximate surface area is 174 Å². The highest BCUT2D eigenvalue weighted by Crippen LogP contribution is 2.43. The van der Waals surface area contributed by atoms with Gasteiger partial charge in [-0.15, -0.1) is 0 Å². The van der Waals surface area contributed by atoms with Crippen molar-refractivity contribution in [2.45, 2.75) is 24.1 Å². The maximum Gasteiger partial charge on any atom is 0.248 e. The highest BCUT2D eigenvalue weighted by molar-refractivity contribution is 8.16. The smallest absolute Gasteiger partial charge is 0.248 e. The molecule has 2 heterocycles. The molecule has 0 radical (unpaired) electrons. The number of aryl methyl sites for hydroxylation is 1. The Morgan fingerprint density at radius 2 is 1.86 bits per heavy atom. The van der Waals surface area contributed by atoms with Gasteiger partial charge in [0.1, 0.15) is 5.75 Å². The van der Waals surface area contributed by atoms with E-state index >= 15 is 0 Å². The second kappa shape index (κ2) is 8.20. The minimum atomic E-state index is -3.11. The summed E-state index contributed by atoms with van der Waals surface area (Å²) in [5.74, 6) is 0.576. The van der Waals surface area contributed by atoms with Crippen LogP contribution in [0.2, 0.25) is 0 Å². The first-order valence-electron chi connectivity index (χ1n) is 9.41. The van der Waals surface area contributed by atoms with Gasteiger partial charge in [-0.3, -0.25) is 4.79 Å². The SMILES string of the molecule is COc1ccccc1N1C(=NC(=O)CCc2ccccc2)S[C@H]2CS(=O)(=O)C[C@@H]21. The van der Waals surface area contributed by atoms with Crippen molar-refractivity contribution >= 4 is 38.4 Å². The summed E-state index contributed by atoms with van der Waals surface area (Å²) in [6, 6.07) is 17.0. The van der Waals surface area contributed by atoms with E-state index in [2.05, 4.69) is 4.99 Å². The number of fused-ring (bicyclic) bond motifs is 1. The Kier molecular flexibility index (Phi) is 5.65. The van der Waals surface area contributed by atoms with Crippen molar-refractivity contribution < 1.29 is 17.9 Å². The normalized spacial score (nSPS) is 23.9. The lowest BCUT2D eigenvalue weighted by Gasteiger charge is -2.26. The number of hydrogen-bond acceptors (Lipinski definition) is 5. The standard InChI is InChI=1S/C21H22N2O4S2/c1-27-18-10-6-5-9-16(18)23-17-13-29(25,26)14-19(17)28-21(23)22-20(24)12-11-15-7-3-2-4-8-15/h2-10,17,19H,11-14H2,1H3/t17-,19-/m0/s1. The number of amidine groups is 1. The Morgan fingerprint density at radius 3 is 2.62 bits per heavy atom. The van der Waals surface area contributed by atoms with Gasteiger partial charge in [0.05, 0.1) is 30.3 Å². The van der Waals surface area contributed by atoms with Crippen LogP contribution in [-0.2, 0) is 21.1 Å². The molecule has 4 rings (SSSR count). The minimum Gasteiger partial charge on any atom is -0.495 e. The van der Waals surface area contributed by atoms with Crippen LogP contribution in [0.3, 0.4) is 0 Å². The molecule has 29 heavy (non-hydrogen) atoms. The van der Waals surface area contributed by atoms with Gasteiger partial charge in [0.25, 0.3) is 0 Å². The number of carbonyl (C=O) groups excluding carboxylic acids is 1. The number of amides is 1. The quantitative estimate of drug-likeness (QED) is 0.726. The summed E-state index contributed by atoms with van der Waals surface area (Å²) in [6.45, 7) is 0. The number of nitrogens with zero attached hydrogens (tertiary/aromatic N) is 2. The second-order valence-corrected chi connectivity index (χ2v) is 10.5. The van der Waals surface area contributed by atoms with Gasteiger partial charge in [0.15, 0.2) is 15.0 Å². The number of carbonyl (C=O) groups is 1. The number of benzene rings is 2. The summed E-state index contributed by atoms with van der Waals surface area (Å²) in [4.78, 5) is 18.8. The summed E-state index contributed by atoms with van der Waals surface area (Å²) in [5, 5.41) is 0.419. The zero-order valence-corrected chi connectivity index (χ0v) is 17.7. The fraction of sp³-hybridized carbons (Fsp3) is 0.333. The predicted molar refractivity (Wildman–Crippen MR) is 116 cm³/mol. The molecule has 0 saturated carbocycles. The first-order valence-corrected chi connectivity index (χ1v) is 12.1. The molecule has 0 aliphatic carbocycles. The number of methoxy groups -OCH3 is 1. The Balaban J connectivity index is 1.61. The molecule has 2 aromatic carbocycles. The Hall–Kier alpha value is -2.32. The third-order valence-corrected chi connectivity index (χ3v) is 8.31. The summed E-state index contributed by atoms with van der Waals surface area (Å²) < 4.78 is 29.8. The van der Waals surface area contributed by atoms with Crippen LogP contribution < -0.4 is 9.64 Å². The molecule has 2 atom stereocenters. The van der Waals surface area contributed by atoms with Gasteiger partial charge >= 0.3 is 0 Å². The van der Waals surface area contributed by atoms with Gasteiger partial charge in [0, 0.05) is 11.7 Å². The molecule has 6 nitrogen and oxygen atoms in total. The molecule has 0 unspecified atom stereocenters. The summed E-state index contributed by atoms with van der Waals surface area (Å²) >= 11 is 1.38. The summed E-state index contributed by atoms with van der Waals surface area (Å²) in [7, 11) is -1.53. The summed E-state index contributed by atoms with van der Waals surface area (Å²) in [5.41, 5.74) is 1.83. The lowest BCUT2D eigenvalue weighted by atomic mass is 10.1. The van der Waals surface area contributed by atoms with Gasteiger partial charge in [-0.25, -0.2) is 8.42 Å². The van der Waals surface area contributed by atoms with Gasteiger partial charge < -0.3 is 9.64 Å². The number of ether oxygens (including phenoxy) is 1. The molecule has 1 amide bonds. The molecule has 2 aliphatic heterocycles. The van der Waals surface area contributed by atoms with Crippen molar-refractivity contribution in [3.8, 4) is 5.75 Å². The van der Waals surface area contributed by atoms with E-state index in [1.165, 1.54) is 11.8 Å².